The fraction of sp³-hybridized carbons (Fsp3) is 0.130. The first-order valence-corrected chi connectivity index (χ1v) is 9.06. The number of rotatable bonds is 5. The number of furan rings is 1. The maximum absolute atomic E-state index is 13.1. The van der Waals surface area contributed by atoms with E-state index in [1.165, 1.54) is 17.2 Å². The molecule has 1 unspecified atom stereocenters. The van der Waals surface area contributed by atoms with E-state index >= 15 is 0 Å². The number of nitrogens with zero attached hydrogens (tertiary/aromatic N) is 1. The third-order valence-electron chi connectivity index (χ3n) is 4.89. The van der Waals surface area contributed by atoms with Gasteiger partial charge in [-0.1, -0.05) is 24.3 Å². The van der Waals surface area contributed by atoms with Crippen molar-refractivity contribution >= 4 is 17.4 Å². The number of ketones is 1. The van der Waals surface area contributed by atoms with Crippen LogP contribution in [-0.4, -0.2) is 23.9 Å². The number of carbonyl (C=O) groups excluding carboxylic acids is 2. The Morgan fingerprint density at radius 1 is 1.10 bits per heavy atom. The molecule has 1 amide bonds. The summed E-state index contributed by atoms with van der Waals surface area (Å²) in [6.07, 6.45) is 1.38. The van der Waals surface area contributed by atoms with Gasteiger partial charge >= 0.3 is 0 Å². The largest absolute Gasteiger partial charge is 0.503 e. The summed E-state index contributed by atoms with van der Waals surface area (Å²) in [6.45, 7) is 1.91. The number of Topliss-reactive ketones (excluding diaryl/α,β-unsaturated/α-hetero) is 1. The lowest BCUT2D eigenvalue weighted by Gasteiger charge is -2.27. The molecule has 3 aromatic rings. The summed E-state index contributed by atoms with van der Waals surface area (Å²) in [4.78, 5) is 27.6. The summed E-state index contributed by atoms with van der Waals surface area (Å²) < 4.78 is 10.5. The molecule has 0 saturated heterocycles. The molecule has 0 spiro atoms. The molecule has 2 aromatic carbocycles. The zero-order chi connectivity index (χ0) is 20.5. The van der Waals surface area contributed by atoms with E-state index in [2.05, 4.69) is 0 Å². The van der Waals surface area contributed by atoms with Crippen LogP contribution in [0.3, 0.4) is 0 Å². The van der Waals surface area contributed by atoms with Crippen LogP contribution in [0.25, 0.3) is 0 Å². The van der Waals surface area contributed by atoms with Crippen LogP contribution in [0, 0.1) is 6.92 Å². The first kappa shape index (κ1) is 18.6. The highest BCUT2D eigenvalue weighted by molar-refractivity contribution is 6.20. The number of aliphatic hydroxyl groups excluding tert-OH is 1. The number of hydrogen-bond acceptors (Lipinski definition) is 5. The molecule has 0 radical (unpaired) electrons. The van der Waals surface area contributed by atoms with E-state index in [1.54, 1.807) is 43.5 Å². The number of carbonyl (C=O) groups is 2. The Morgan fingerprint density at radius 2 is 1.90 bits per heavy atom. The molecule has 1 aliphatic heterocycles. The second-order valence-electron chi connectivity index (χ2n) is 6.76. The van der Waals surface area contributed by atoms with Crippen molar-refractivity contribution in [3.05, 3.63) is 95.1 Å². The summed E-state index contributed by atoms with van der Waals surface area (Å²) in [6, 6.07) is 16.7. The summed E-state index contributed by atoms with van der Waals surface area (Å²) in [7, 11) is 1.54. The fourth-order valence-electron chi connectivity index (χ4n) is 3.55. The first-order chi connectivity index (χ1) is 14.0. The molecule has 1 N–H and O–H groups in total. The van der Waals surface area contributed by atoms with Crippen LogP contribution in [0.4, 0.5) is 5.69 Å². The molecule has 2 heterocycles. The zero-order valence-corrected chi connectivity index (χ0v) is 16.0. The third-order valence-corrected chi connectivity index (χ3v) is 4.89. The van der Waals surface area contributed by atoms with Gasteiger partial charge in [0.1, 0.15) is 5.75 Å². The minimum atomic E-state index is -0.822. The Kier molecular flexibility index (Phi) is 4.68. The lowest BCUT2D eigenvalue weighted by molar-refractivity contribution is -0.117. The molecule has 1 atom stereocenters. The topological polar surface area (TPSA) is 80.0 Å². The maximum Gasteiger partial charge on any atom is 0.294 e. The number of amides is 1. The standard InChI is InChI=1S/C23H19NO5/c1-14-6-3-8-16(12-14)24-20(15-7-4-9-17(13-15)28-2)19(22(26)23(24)27)21(25)18-10-5-11-29-18/h3-13,20,26H,1-2H3. The molecule has 1 aromatic heterocycles. The van der Waals surface area contributed by atoms with Crippen molar-refractivity contribution < 1.29 is 23.8 Å². The van der Waals surface area contributed by atoms with Crippen LogP contribution in [0.1, 0.15) is 27.7 Å². The Hall–Kier alpha value is -3.80. The number of anilines is 1. The van der Waals surface area contributed by atoms with Crippen molar-refractivity contribution in [2.24, 2.45) is 0 Å². The fourth-order valence-corrected chi connectivity index (χ4v) is 3.55. The molecule has 0 bridgehead atoms. The van der Waals surface area contributed by atoms with Crippen molar-refractivity contribution in [3.63, 3.8) is 0 Å². The summed E-state index contributed by atoms with van der Waals surface area (Å²) in [5.74, 6) is -1.13. The quantitative estimate of drug-likeness (QED) is 0.655. The molecule has 0 aliphatic carbocycles. The number of aryl methyl sites for hydroxylation is 1. The van der Waals surface area contributed by atoms with E-state index in [4.69, 9.17) is 9.15 Å². The number of methoxy groups -OCH3 is 1. The lowest BCUT2D eigenvalue weighted by Crippen LogP contribution is -2.31. The smallest absolute Gasteiger partial charge is 0.294 e. The van der Waals surface area contributed by atoms with Gasteiger partial charge < -0.3 is 14.3 Å². The second-order valence-corrected chi connectivity index (χ2v) is 6.76. The lowest BCUT2D eigenvalue weighted by atomic mass is 9.94. The average Bonchev–Trinajstić information content (AvgIpc) is 3.35. The van der Waals surface area contributed by atoms with Crippen LogP contribution in [-0.2, 0) is 4.79 Å². The van der Waals surface area contributed by atoms with Gasteiger partial charge in [-0.3, -0.25) is 14.5 Å². The highest BCUT2D eigenvalue weighted by atomic mass is 16.5. The number of aliphatic hydroxyl groups is 1. The molecular weight excluding hydrogens is 370 g/mol. The van der Waals surface area contributed by atoms with Crippen LogP contribution >= 0.6 is 0 Å². The predicted octanol–water partition coefficient (Wildman–Crippen LogP) is 4.38. The molecule has 4 rings (SSSR count). The van der Waals surface area contributed by atoms with Crippen molar-refractivity contribution in [1.29, 1.82) is 0 Å². The van der Waals surface area contributed by atoms with Gasteiger partial charge in [-0.2, -0.15) is 0 Å². The van der Waals surface area contributed by atoms with Crippen molar-refractivity contribution in [2.75, 3.05) is 12.0 Å². The Bertz CT molecular complexity index is 1110. The third kappa shape index (κ3) is 3.18. The Balaban J connectivity index is 1.90. The van der Waals surface area contributed by atoms with Crippen LogP contribution in [0.2, 0.25) is 0 Å². The average molecular weight is 389 g/mol. The SMILES string of the molecule is COc1cccc(C2C(C(=O)c3ccco3)=C(O)C(=O)N2c2cccc(C)c2)c1. The molecule has 6 nitrogen and oxygen atoms in total. The van der Waals surface area contributed by atoms with Crippen molar-refractivity contribution in [2.45, 2.75) is 13.0 Å². The van der Waals surface area contributed by atoms with Gasteiger partial charge in [-0.25, -0.2) is 0 Å². The second kappa shape index (κ2) is 7.31. The van der Waals surface area contributed by atoms with E-state index < -0.39 is 23.5 Å². The maximum atomic E-state index is 13.1. The normalized spacial score (nSPS) is 16.4. The van der Waals surface area contributed by atoms with Gasteiger partial charge in [0.05, 0.1) is 25.0 Å². The van der Waals surface area contributed by atoms with Crippen molar-refractivity contribution in [3.8, 4) is 5.75 Å². The van der Waals surface area contributed by atoms with Crippen LogP contribution in [0.15, 0.2) is 82.7 Å². The van der Waals surface area contributed by atoms with E-state index in [0.717, 1.165) is 5.56 Å². The minimum absolute atomic E-state index is 0.0280. The van der Waals surface area contributed by atoms with Gasteiger partial charge in [0.15, 0.2) is 11.5 Å². The summed E-state index contributed by atoms with van der Waals surface area (Å²) >= 11 is 0. The number of hydrogen-bond donors (Lipinski definition) is 1. The summed E-state index contributed by atoms with van der Waals surface area (Å²) in [5, 5.41) is 10.7. The first-order valence-electron chi connectivity index (χ1n) is 9.06. The zero-order valence-electron chi connectivity index (χ0n) is 16.0. The molecule has 0 saturated carbocycles. The van der Waals surface area contributed by atoms with Crippen LogP contribution < -0.4 is 9.64 Å². The van der Waals surface area contributed by atoms with E-state index in [9.17, 15) is 14.7 Å². The number of ether oxygens (including phenoxy) is 1. The van der Waals surface area contributed by atoms with Gasteiger partial charge in [0.25, 0.3) is 5.91 Å². The highest BCUT2D eigenvalue weighted by Gasteiger charge is 2.45. The molecule has 29 heavy (non-hydrogen) atoms. The molecule has 0 fully saturated rings. The predicted molar refractivity (Wildman–Crippen MR) is 107 cm³/mol. The molecule has 1 aliphatic rings. The van der Waals surface area contributed by atoms with Gasteiger partial charge in [0.2, 0.25) is 5.78 Å². The number of benzene rings is 2. The van der Waals surface area contributed by atoms with Gasteiger partial charge in [-0.05, 0) is 54.4 Å². The highest BCUT2D eigenvalue weighted by Crippen LogP contribution is 2.42. The van der Waals surface area contributed by atoms with Gasteiger partial charge in [0, 0.05) is 5.69 Å². The molecule has 146 valence electrons. The van der Waals surface area contributed by atoms with Crippen molar-refractivity contribution in [1.82, 2.24) is 0 Å². The Labute approximate surface area is 167 Å². The van der Waals surface area contributed by atoms with E-state index in [0.29, 0.717) is 17.0 Å². The Morgan fingerprint density at radius 3 is 2.59 bits per heavy atom. The minimum Gasteiger partial charge on any atom is -0.503 e. The monoisotopic (exact) mass is 389 g/mol. The van der Waals surface area contributed by atoms with E-state index in [1.807, 2.05) is 25.1 Å². The molecule has 6 heteroatoms. The van der Waals surface area contributed by atoms with Gasteiger partial charge in [-0.15, -0.1) is 0 Å². The van der Waals surface area contributed by atoms with Crippen LogP contribution in [0.5, 0.6) is 5.75 Å². The summed E-state index contributed by atoms with van der Waals surface area (Å²) in [5.41, 5.74) is 2.14. The molecular formula is C23H19NO5. The van der Waals surface area contributed by atoms with E-state index in [-0.39, 0.29) is 11.3 Å².